The van der Waals surface area contributed by atoms with Crippen LogP contribution in [0.3, 0.4) is 0 Å². The fraction of sp³-hybridized carbons (Fsp3) is 0.500. The van der Waals surface area contributed by atoms with Gasteiger partial charge >= 0.3 is 12.1 Å². The van der Waals surface area contributed by atoms with E-state index in [0.29, 0.717) is 18.2 Å². The smallest absolute Gasteiger partial charge is 0.408 e. The average Bonchev–Trinajstić information content (AvgIpc) is 2.35. The summed E-state index contributed by atoms with van der Waals surface area (Å²) in [4.78, 5) is 19.3. The molecule has 0 aliphatic rings. The SMILES string of the molecule is CCOc1ncc(C#CCNC(=O)OC(C)(C)C)cn1. The van der Waals surface area contributed by atoms with E-state index in [2.05, 4.69) is 27.1 Å². The fourth-order valence-electron chi connectivity index (χ4n) is 1.16. The highest BCUT2D eigenvalue weighted by molar-refractivity contribution is 5.68. The van der Waals surface area contributed by atoms with Crippen molar-refractivity contribution >= 4 is 6.09 Å². The summed E-state index contributed by atoms with van der Waals surface area (Å²) in [6.45, 7) is 7.98. The van der Waals surface area contributed by atoms with Crippen molar-refractivity contribution in [3.63, 3.8) is 0 Å². The Labute approximate surface area is 118 Å². The molecule has 0 saturated carbocycles. The molecule has 0 saturated heterocycles. The summed E-state index contributed by atoms with van der Waals surface area (Å²) < 4.78 is 10.2. The minimum atomic E-state index is -0.513. The number of ether oxygens (including phenoxy) is 2. The quantitative estimate of drug-likeness (QED) is 0.852. The topological polar surface area (TPSA) is 73.3 Å². The molecule has 0 aromatic carbocycles. The lowest BCUT2D eigenvalue weighted by atomic mass is 10.2. The second-order valence-electron chi connectivity index (χ2n) is 4.84. The summed E-state index contributed by atoms with van der Waals surface area (Å²) >= 11 is 0. The van der Waals surface area contributed by atoms with Crippen LogP contribution in [0.15, 0.2) is 12.4 Å². The highest BCUT2D eigenvalue weighted by Gasteiger charge is 2.14. The van der Waals surface area contributed by atoms with Gasteiger partial charge in [0.15, 0.2) is 0 Å². The van der Waals surface area contributed by atoms with E-state index in [1.165, 1.54) is 0 Å². The molecule has 0 spiro atoms. The molecule has 6 heteroatoms. The Balaban J connectivity index is 2.41. The number of rotatable bonds is 3. The Morgan fingerprint density at radius 2 is 2.00 bits per heavy atom. The van der Waals surface area contributed by atoms with Crippen LogP contribution in [-0.4, -0.2) is 34.8 Å². The van der Waals surface area contributed by atoms with Crippen LogP contribution in [0.25, 0.3) is 0 Å². The zero-order valence-electron chi connectivity index (χ0n) is 12.2. The molecule has 0 radical (unpaired) electrons. The van der Waals surface area contributed by atoms with E-state index < -0.39 is 11.7 Å². The van der Waals surface area contributed by atoms with Crippen molar-refractivity contribution in [3.8, 4) is 17.9 Å². The second-order valence-corrected chi connectivity index (χ2v) is 4.84. The number of hydrogen-bond acceptors (Lipinski definition) is 5. The molecule has 0 aliphatic carbocycles. The van der Waals surface area contributed by atoms with E-state index in [4.69, 9.17) is 9.47 Å². The molecule has 1 heterocycles. The Morgan fingerprint density at radius 3 is 2.55 bits per heavy atom. The third kappa shape index (κ3) is 6.59. The summed E-state index contributed by atoms with van der Waals surface area (Å²) in [6, 6.07) is 0.324. The van der Waals surface area contributed by atoms with E-state index >= 15 is 0 Å². The minimum absolute atomic E-state index is 0.197. The molecule has 1 amide bonds. The zero-order chi connectivity index (χ0) is 15.0. The number of carbonyl (C=O) groups excluding carboxylic acids is 1. The number of hydrogen-bond donors (Lipinski definition) is 1. The molecule has 1 rings (SSSR count). The molecule has 6 nitrogen and oxygen atoms in total. The molecule has 108 valence electrons. The normalized spacial score (nSPS) is 10.2. The first-order valence-corrected chi connectivity index (χ1v) is 6.31. The van der Waals surface area contributed by atoms with Gasteiger partial charge in [-0.1, -0.05) is 11.8 Å². The van der Waals surface area contributed by atoms with Crippen LogP contribution in [0.4, 0.5) is 4.79 Å². The number of carbonyl (C=O) groups is 1. The first-order chi connectivity index (χ1) is 9.40. The van der Waals surface area contributed by atoms with Gasteiger partial charge in [0.05, 0.1) is 18.7 Å². The third-order valence-corrected chi connectivity index (χ3v) is 1.85. The number of nitrogens with zero attached hydrogens (tertiary/aromatic N) is 2. The molecule has 0 fully saturated rings. The Morgan fingerprint density at radius 1 is 1.35 bits per heavy atom. The Kier molecular flexibility index (Phi) is 5.78. The largest absolute Gasteiger partial charge is 0.464 e. The second kappa shape index (κ2) is 7.34. The first-order valence-electron chi connectivity index (χ1n) is 6.31. The number of amides is 1. The van der Waals surface area contributed by atoms with Gasteiger partial charge < -0.3 is 14.8 Å². The zero-order valence-corrected chi connectivity index (χ0v) is 12.2. The molecule has 0 atom stereocenters. The van der Waals surface area contributed by atoms with Crippen LogP contribution in [0.1, 0.15) is 33.3 Å². The van der Waals surface area contributed by atoms with Crippen LogP contribution < -0.4 is 10.1 Å². The summed E-state index contributed by atoms with van der Waals surface area (Å²) in [5.74, 6) is 5.62. The molecule has 1 aromatic rings. The summed E-state index contributed by atoms with van der Waals surface area (Å²) in [5.41, 5.74) is 0.139. The molecule has 0 bridgehead atoms. The predicted octanol–water partition coefficient (Wildman–Crippen LogP) is 1.75. The highest BCUT2D eigenvalue weighted by atomic mass is 16.6. The van der Waals surface area contributed by atoms with Crippen LogP contribution in [-0.2, 0) is 4.74 Å². The van der Waals surface area contributed by atoms with Gasteiger partial charge in [-0.25, -0.2) is 14.8 Å². The van der Waals surface area contributed by atoms with Crippen LogP contribution in [0, 0.1) is 11.8 Å². The molecule has 20 heavy (non-hydrogen) atoms. The summed E-state index contributed by atoms with van der Waals surface area (Å²) in [6.07, 6.45) is 2.64. The lowest BCUT2D eigenvalue weighted by Gasteiger charge is -2.18. The molecule has 1 N–H and O–H groups in total. The molecule has 0 unspecified atom stereocenters. The monoisotopic (exact) mass is 277 g/mol. The number of aromatic nitrogens is 2. The Hall–Kier alpha value is -2.29. The van der Waals surface area contributed by atoms with Crippen molar-refractivity contribution in [3.05, 3.63) is 18.0 Å². The lowest BCUT2D eigenvalue weighted by Crippen LogP contribution is -2.32. The first kappa shape index (κ1) is 15.8. The van der Waals surface area contributed by atoms with E-state index in [1.807, 2.05) is 6.92 Å². The van der Waals surface area contributed by atoms with Crippen LogP contribution in [0.5, 0.6) is 6.01 Å². The highest BCUT2D eigenvalue weighted by Crippen LogP contribution is 2.06. The van der Waals surface area contributed by atoms with E-state index in [9.17, 15) is 4.79 Å². The van der Waals surface area contributed by atoms with E-state index in [-0.39, 0.29) is 6.54 Å². The van der Waals surface area contributed by atoms with Crippen LogP contribution >= 0.6 is 0 Å². The van der Waals surface area contributed by atoms with Crippen molar-refractivity contribution in [2.75, 3.05) is 13.2 Å². The molecule has 0 aliphatic heterocycles. The van der Waals surface area contributed by atoms with Crippen molar-refractivity contribution in [2.24, 2.45) is 0 Å². The maximum atomic E-state index is 11.3. The molecular weight excluding hydrogens is 258 g/mol. The third-order valence-electron chi connectivity index (χ3n) is 1.85. The standard InChI is InChI=1S/C14H19N3O3/c1-5-19-12-16-9-11(10-17-12)7-6-8-15-13(18)20-14(2,3)4/h9-10H,5,8H2,1-4H3,(H,15,18). The lowest BCUT2D eigenvalue weighted by molar-refractivity contribution is 0.0535. The van der Waals surface area contributed by atoms with Crippen LogP contribution in [0.2, 0.25) is 0 Å². The maximum absolute atomic E-state index is 11.3. The van der Waals surface area contributed by atoms with Crippen molar-refractivity contribution < 1.29 is 14.3 Å². The average molecular weight is 277 g/mol. The summed E-state index contributed by atoms with van der Waals surface area (Å²) in [5, 5.41) is 2.54. The van der Waals surface area contributed by atoms with Gasteiger partial charge in [0.1, 0.15) is 5.60 Å². The van der Waals surface area contributed by atoms with Gasteiger partial charge in [-0.2, -0.15) is 0 Å². The molecule has 1 aromatic heterocycles. The van der Waals surface area contributed by atoms with Crippen molar-refractivity contribution in [2.45, 2.75) is 33.3 Å². The van der Waals surface area contributed by atoms with Gasteiger partial charge in [-0.15, -0.1) is 0 Å². The predicted molar refractivity (Wildman–Crippen MR) is 74.3 cm³/mol. The number of nitrogens with one attached hydrogen (secondary N) is 1. The minimum Gasteiger partial charge on any atom is -0.464 e. The van der Waals surface area contributed by atoms with Crippen molar-refractivity contribution in [1.29, 1.82) is 0 Å². The van der Waals surface area contributed by atoms with Gasteiger partial charge in [0.25, 0.3) is 0 Å². The Bertz CT molecular complexity index is 495. The van der Waals surface area contributed by atoms with E-state index in [0.717, 1.165) is 0 Å². The van der Waals surface area contributed by atoms with Crippen molar-refractivity contribution in [1.82, 2.24) is 15.3 Å². The molecular formula is C14H19N3O3. The maximum Gasteiger partial charge on any atom is 0.408 e. The fourth-order valence-corrected chi connectivity index (χ4v) is 1.16. The summed E-state index contributed by atoms with van der Waals surface area (Å²) in [7, 11) is 0. The van der Waals surface area contributed by atoms with E-state index in [1.54, 1.807) is 33.2 Å². The van der Waals surface area contributed by atoms with Gasteiger partial charge in [-0.05, 0) is 27.7 Å². The number of alkyl carbamates (subject to hydrolysis) is 1. The van der Waals surface area contributed by atoms with Gasteiger partial charge in [0.2, 0.25) is 0 Å². The van der Waals surface area contributed by atoms with Gasteiger partial charge in [-0.3, -0.25) is 0 Å². The van der Waals surface area contributed by atoms with Gasteiger partial charge in [0, 0.05) is 12.4 Å².